The number of carbonyl (C=O) groups excluding carboxylic acids is 2. The van der Waals surface area contributed by atoms with Crippen LogP contribution in [0.1, 0.15) is 16.8 Å². The molecule has 1 heterocycles. The van der Waals surface area contributed by atoms with Crippen LogP contribution in [0.3, 0.4) is 0 Å². The van der Waals surface area contributed by atoms with Crippen LogP contribution in [0.4, 0.5) is 15.8 Å². The first-order valence-electron chi connectivity index (χ1n) is 7.48. The minimum absolute atomic E-state index is 0.0764. The highest BCUT2D eigenvalue weighted by Crippen LogP contribution is 2.25. The van der Waals surface area contributed by atoms with Gasteiger partial charge in [0.25, 0.3) is 11.6 Å². The molecule has 0 aliphatic carbocycles. The van der Waals surface area contributed by atoms with E-state index in [0.717, 1.165) is 18.3 Å². The van der Waals surface area contributed by atoms with Gasteiger partial charge in [-0.1, -0.05) is 0 Å². The van der Waals surface area contributed by atoms with Crippen LogP contribution in [0.2, 0.25) is 0 Å². The number of nitrogens with zero attached hydrogens (tertiary/aromatic N) is 4. The van der Waals surface area contributed by atoms with Gasteiger partial charge < -0.3 is 5.73 Å². The van der Waals surface area contributed by atoms with E-state index in [0.29, 0.717) is 11.3 Å². The molecule has 2 rings (SSSR count). The smallest absolute Gasteiger partial charge is 0.345 e. The Bertz CT molecular complexity index is 1020. The van der Waals surface area contributed by atoms with Gasteiger partial charge in [0.05, 0.1) is 16.3 Å². The number of amides is 1. The first kappa shape index (κ1) is 21.5. The van der Waals surface area contributed by atoms with E-state index >= 15 is 0 Å². The summed E-state index contributed by atoms with van der Waals surface area (Å²) < 4.78 is 0. The van der Waals surface area contributed by atoms with Crippen LogP contribution in [0, 0.1) is 20.2 Å². The Morgan fingerprint density at radius 3 is 2.38 bits per heavy atom. The van der Waals surface area contributed by atoms with Crippen LogP contribution in [0.15, 0.2) is 35.6 Å². The highest BCUT2D eigenvalue weighted by molar-refractivity contribution is 7.80. The summed E-state index contributed by atoms with van der Waals surface area (Å²) >= 11 is 5.22. The summed E-state index contributed by atoms with van der Waals surface area (Å²) in [6, 6.07) is 4.76. The number of nitro benzene ring substituents is 1. The monoisotopic (exact) mass is 437 g/mol. The second-order valence-corrected chi connectivity index (χ2v) is 6.60. The van der Waals surface area contributed by atoms with E-state index in [1.807, 2.05) is 0 Å². The van der Waals surface area contributed by atoms with Crippen molar-refractivity contribution < 1.29 is 19.4 Å². The lowest BCUT2D eigenvalue weighted by Crippen LogP contribution is -2.31. The fourth-order valence-corrected chi connectivity index (χ4v) is 2.57. The summed E-state index contributed by atoms with van der Waals surface area (Å²) in [5.74, 6) is -1.43. The molecule has 15 heteroatoms. The lowest BCUT2D eigenvalue weighted by Gasteiger charge is -2.06. The molecule has 0 aliphatic rings. The van der Waals surface area contributed by atoms with Gasteiger partial charge in [0.15, 0.2) is 16.0 Å². The van der Waals surface area contributed by atoms with Gasteiger partial charge in [-0.3, -0.25) is 40.6 Å². The molecular formula is C14H11N7O6S2. The third kappa shape index (κ3) is 6.08. The number of thiocarbonyl (C=S) groups is 1. The first-order chi connectivity index (χ1) is 13.7. The van der Waals surface area contributed by atoms with Crippen molar-refractivity contribution >= 4 is 61.9 Å². The molecule has 150 valence electrons. The summed E-state index contributed by atoms with van der Waals surface area (Å²) in [6.07, 6.45) is 0.457. The number of carbonyl (C=O) groups is 2. The van der Waals surface area contributed by atoms with Gasteiger partial charge in [0.2, 0.25) is 0 Å². The van der Waals surface area contributed by atoms with Gasteiger partial charge in [-0.2, -0.15) is 5.10 Å². The van der Waals surface area contributed by atoms with Gasteiger partial charge >= 0.3 is 5.00 Å². The van der Waals surface area contributed by atoms with E-state index in [-0.39, 0.29) is 32.2 Å². The number of hydrogen-bond acceptors (Lipinski definition) is 10. The summed E-state index contributed by atoms with van der Waals surface area (Å²) in [4.78, 5) is 48.6. The maximum Gasteiger partial charge on any atom is 0.345 e. The van der Waals surface area contributed by atoms with E-state index in [1.165, 1.54) is 12.1 Å². The number of non-ortho nitro benzene ring substituents is 1. The van der Waals surface area contributed by atoms with Crippen LogP contribution >= 0.6 is 23.6 Å². The van der Waals surface area contributed by atoms with E-state index in [1.54, 1.807) is 0 Å². The first-order valence-corrected chi connectivity index (χ1v) is 8.71. The number of benzene rings is 1. The zero-order valence-corrected chi connectivity index (χ0v) is 15.9. The molecular weight excluding hydrogens is 426 g/mol. The third-order valence-corrected chi connectivity index (χ3v) is 4.14. The van der Waals surface area contributed by atoms with E-state index in [9.17, 15) is 29.8 Å². The molecule has 0 atom stereocenters. The molecule has 13 nitrogen and oxygen atoms in total. The standard InChI is InChI=1S/C14H11N7O6S2/c15-13(28)19-18-9(12(23)17-14-16-6-11(29-14)21(26)27)5-10(22)7-1-3-8(4-2-7)20(24)25/h1-4,6H,5H2,(H3,15,19,28)(H,16,17,23). The second-order valence-electron chi connectivity index (χ2n) is 5.15. The number of ketones is 1. The Kier molecular flexibility index (Phi) is 6.94. The highest BCUT2D eigenvalue weighted by Gasteiger charge is 2.21. The minimum atomic E-state index is -0.867. The van der Waals surface area contributed by atoms with Crippen molar-refractivity contribution in [3.05, 3.63) is 56.3 Å². The number of nitro groups is 2. The third-order valence-electron chi connectivity index (χ3n) is 3.19. The molecule has 0 unspecified atom stereocenters. The molecule has 29 heavy (non-hydrogen) atoms. The SMILES string of the molecule is NC(=S)NN=C(CC(=O)c1ccc([N+](=O)[O-])cc1)C(=O)Nc1ncc([N+](=O)[O-])s1. The van der Waals surface area contributed by atoms with Crippen molar-refractivity contribution in [2.75, 3.05) is 5.32 Å². The molecule has 0 radical (unpaired) electrons. The van der Waals surface area contributed by atoms with E-state index < -0.39 is 28.0 Å². The molecule has 1 aromatic heterocycles. The summed E-state index contributed by atoms with van der Waals surface area (Å²) in [7, 11) is 0. The number of hydrogen-bond donors (Lipinski definition) is 3. The Labute approximate surface area is 170 Å². The fourth-order valence-electron chi connectivity index (χ4n) is 1.89. The Morgan fingerprint density at radius 2 is 1.86 bits per heavy atom. The zero-order chi connectivity index (χ0) is 21.6. The van der Waals surface area contributed by atoms with Crippen LogP contribution in [0.5, 0.6) is 0 Å². The maximum absolute atomic E-state index is 12.4. The quantitative estimate of drug-likeness (QED) is 0.178. The lowest BCUT2D eigenvalue weighted by atomic mass is 10.0. The molecule has 1 aromatic carbocycles. The largest absolute Gasteiger partial charge is 0.375 e. The van der Waals surface area contributed by atoms with Crippen LogP contribution in [-0.4, -0.2) is 37.3 Å². The van der Waals surface area contributed by atoms with Gasteiger partial charge in [0, 0.05) is 17.7 Å². The van der Waals surface area contributed by atoms with Gasteiger partial charge in [-0.25, -0.2) is 4.98 Å². The van der Waals surface area contributed by atoms with Crippen molar-refractivity contribution in [2.45, 2.75) is 6.42 Å². The number of aromatic nitrogens is 1. The van der Waals surface area contributed by atoms with Crippen molar-refractivity contribution in [3.63, 3.8) is 0 Å². The van der Waals surface area contributed by atoms with Crippen molar-refractivity contribution in [3.8, 4) is 0 Å². The predicted octanol–water partition coefficient (Wildman–Crippen LogP) is 1.36. The minimum Gasteiger partial charge on any atom is -0.375 e. The number of Topliss-reactive ketones (excluding diaryl/α,β-unsaturated/α-hetero) is 1. The summed E-state index contributed by atoms with van der Waals surface area (Å²) in [5, 5.41) is 26.7. The average molecular weight is 437 g/mol. The van der Waals surface area contributed by atoms with Crippen LogP contribution in [-0.2, 0) is 4.79 Å². The number of nitrogens with two attached hydrogens (primary N) is 1. The summed E-state index contributed by atoms with van der Waals surface area (Å²) in [5.41, 5.74) is 7.02. The zero-order valence-electron chi connectivity index (χ0n) is 14.2. The molecule has 0 saturated heterocycles. The molecule has 2 aromatic rings. The number of thiazole rings is 1. The number of hydrazone groups is 1. The molecule has 0 fully saturated rings. The number of rotatable bonds is 8. The van der Waals surface area contributed by atoms with E-state index in [4.69, 9.17) is 5.73 Å². The molecule has 0 bridgehead atoms. The summed E-state index contributed by atoms with van der Waals surface area (Å²) in [6.45, 7) is 0. The molecule has 0 aliphatic heterocycles. The Morgan fingerprint density at radius 1 is 1.21 bits per heavy atom. The highest BCUT2D eigenvalue weighted by atomic mass is 32.1. The number of anilines is 1. The second kappa shape index (κ2) is 9.38. The van der Waals surface area contributed by atoms with Gasteiger partial charge in [0.1, 0.15) is 11.9 Å². The van der Waals surface area contributed by atoms with Gasteiger partial charge in [-0.15, -0.1) is 0 Å². The molecule has 0 spiro atoms. The maximum atomic E-state index is 12.4. The normalized spacial score (nSPS) is 10.8. The van der Waals surface area contributed by atoms with Crippen molar-refractivity contribution in [2.24, 2.45) is 10.8 Å². The molecule has 1 amide bonds. The lowest BCUT2D eigenvalue weighted by molar-refractivity contribution is -0.384. The molecule has 4 N–H and O–H groups in total. The Balaban J connectivity index is 2.18. The Hall–Kier alpha value is -3.85. The average Bonchev–Trinajstić information content (AvgIpc) is 3.13. The van der Waals surface area contributed by atoms with Crippen LogP contribution < -0.4 is 16.5 Å². The molecule has 0 saturated carbocycles. The topological polar surface area (TPSA) is 196 Å². The van der Waals surface area contributed by atoms with Crippen molar-refractivity contribution in [1.82, 2.24) is 10.4 Å². The van der Waals surface area contributed by atoms with E-state index in [2.05, 4.69) is 33.0 Å². The fraction of sp³-hybridized carbons (Fsp3) is 0.0714. The van der Waals surface area contributed by atoms with Gasteiger partial charge in [-0.05, 0) is 35.7 Å². The predicted molar refractivity (Wildman–Crippen MR) is 107 cm³/mol. The number of nitrogens with one attached hydrogen (secondary N) is 2. The van der Waals surface area contributed by atoms with Crippen LogP contribution in [0.25, 0.3) is 0 Å². The van der Waals surface area contributed by atoms with Crippen molar-refractivity contribution in [1.29, 1.82) is 0 Å².